The van der Waals surface area contributed by atoms with Crippen LogP contribution in [-0.2, 0) is 17.8 Å². The molecule has 1 aromatic rings. The first kappa shape index (κ1) is 10.3. The molecule has 0 amide bonds. The number of aromatic nitrogens is 1. The highest BCUT2D eigenvalue weighted by Gasteiger charge is 2.20. The van der Waals surface area contributed by atoms with Gasteiger partial charge in [0.2, 0.25) is 0 Å². The van der Waals surface area contributed by atoms with Gasteiger partial charge in [0, 0.05) is 25.7 Å². The van der Waals surface area contributed by atoms with Crippen LogP contribution in [0.15, 0.2) is 18.3 Å². The Morgan fingerprint density at radius 2 is 2.40 bits per heavy atom. The fourth-order valence-corrected chi connectivity index (χ4v) is 1.97. The Balaban J connectivity index is 2.07. The van der Waals surface area contributed by atoms with Gasteiger partial charge in [0.1, 0.15) is 5.78 Å². The van der Waals surface area contributed by atoms with Crippen molar-refractivity contribution in [3.05, 3.63) is 29.6 Å². The van der Waals surface area contributed by atoms with Crippen LogP contribution in [0, 0.1) is 0 Å². The van der Waals surface area contributed by atoms with E-state index < -0.39 is 0 Å². The largest absolute Gasteiger partial charge is 0.298 e. The molecule has 1 aromatic heterocycles. The molecule has 0 atom stereocenters. The van der Waals surface area contributed by atoms with Gasteiger partial charge in [0.15, 0.2) is 0 Å². The lowest BCUT2D eigenvalue weighted by Crippen LogP contribution is -2.21. The van der Waals surface area contributed by atoms with Gasteiger partial charge in [0.05, 0.1) is 12.2 Å². The Bertz CT molecular complexity index is 362. The smallest absolute Gasteiger partial charge is 0.148 e. The molecule has 0 radical (unpaired) electrons. The first-order chi connectivity index (χ1) is 7.29. The van der Waals surface area contributed by atoms with Crippen LogP contribution in [0.2, 0.25) is 0 Å². The summed E-state index contributed by atoms with van der Waals surface area (Å²) in [6, 6.07) is 4.08. The molecule has 0 saturated carbocycles. The van der Waals surface area contributed by atoms with Crippen LogP contribution >= 0.6 is 0 Å². The second-order valence-electron chi connectivity index (χ2n) is 3.96. The molecule has 0 N–H and O–H groups in total. The second kappa shape index (κ2) is 4.53. The quantitative estimate of drug-likeness (QED) is 0.746. The third kappa shape index (κ3) is 2.42. The third-order valence-corrected chi connectivity index (χ3v) is 2.85. The Morgan fingerprint density at radius 1 is 1.53 bits per heavy atom. The molecule has 0 aromatic carbocycles. The van der Waals surface area contributed by atoms with Crippen molar-refractivity contribution in [3.8, 4) is 0 Å². The predicted octanol–water partition coefficient (Wildman–Crippen LogP) is 1.42. The van der Waals surface area contributed by atoms with Crippen LogP contribution in [0.25, 0.3) is 0 Å². The van der Waals surface area contributed by atoms with Gasteiger partial charge in [-0.25, -0.2) is 0 Å². The number of carbonyl (C=O) groups excluding carboxylic acids is 1. The standard InChI is InChI=1S/C12H16N2O/c1-2-10-4-3-6-13-12(10)9-14-7-5-11(15)8-14/h3-4,6H,2,5,7-9H2,1H3. The van der Waals surface area contributed by atoms with Crippen molar-refractivity contribution < 1.29 is 4.79 Å². The molecule has 0 unspecified atom stereocenters. The average molecular weight is 204 g/mol. The van der Waals surface area contributed by atoms with E-state index in [0.717, 1.165) is 25.2 Å². The number of hydrogen-bond donors (Lipinski definition) is 0. The number of pyridine rings is 1. The van der Waals surface area contributed by atoms with Crippen LogP contribution in [-0.4, -0.2) is 28.8 Å². The fraction of sp³-hybridized carbons (Fsp3) is 0.500. The number of hydrogen-bond acceptors (Lipinski definition) is 3. The van der Waals surface area contributed by atoms with Gasteiger partial charge in [0.25, 0.3) is 0 Å². The highest BCUT2D eigenvalue weighted by molar-refractivity contribution is 5.82. The maximum atomic E-state index is 11.1. The Hall–Kier alpha value is -1.22. The van der Waals surface area contributed by atoms with Crippen molar-refractivity contribution in [1.29, 1.82) is 0 Å². The number of likely N-dealkylation sites (tertiary alicyclic amines) is 1. The molecule has 1 aliphatic heterocycles. The van der Waals surface area contributed by atoms with Gasteiger partial charge in [-0.15, -0.1) is 0 Å². The number of aryl methyl sites for hydroxylation is 1. The molecule has 3 heteroatoms. The van der Waals surface area contributed by atoms with Crippen LogP contribution in [0.3, 0.4) is 0 Å². The minimum atomic E-state index is 0.351. The van der Waals surface area contributed by atoms with E-state index in [0.29, 0.717) is 18.7 Å². The maximum Gasteiger partial charge on any atom is 0.148 e. The van der Waals surface area contributed by atoms with Crippen molar-refractivity contribution in [2.75, 3.05) is 13.1 Å². The first-order valence-corrected chi connectivity index (χ1v) is 5.46. The lowest BCUT2D eigenvalue weighted by Gasteiger charge is -2.14. The number of Topliss-reactive ketones (excluding diaryl/α,β-unsaturated/α-hetero) is 1. The molecule has 2 rings (SSSR count). The Kier molecular flexibility index (Phi) is 3.11. The van der Waals surface area contributed by atoms with Gasteiger partial charge in [-0.1, -0.05) is 13.0 Å². The highest BCUT2D eigenvalue weighted by Crippen LogP contribution is 2.12. The zero-order valence-corrected chi connectivity index (χ0v) is 9.07. The van der Waals surface area contributed by atoms with Crippen LogP contribution < -0.4 is 0 Å². The maximum absolute atomic E-state index is 11.1. The Morgan fingerprint density at radius 3 is 3.07 bits per heavy atom. The molecule has 1 saturated heterocycles. The highest BCUT2D eigenvalue weighted by atomic mass is 16.1. The zero-order chi connectivity index (χ0) is 10.7. The van der Waals surface area contributed by atoms with Gasteiger partial charge < -0.3 is 0 Å². The van der Waals surface area contributed by atoms with E-state index in [-0.39, 0.29) is 0 Å². The lowest BCUT2D eigenvalue weighted by molar-refractivity contribution is -0.116. The van der Waals surface area contributed by atoms with Crippen LogP contribution in [0.1, 0.15) is 24.6 Å². The van der Waals surface area contributed by atoms with E-state index in [4.69, 9.17) is 0 Å². The molecule has 0 aliphatic carbocycles. The average Bonchev–Trinajstić information content (AvgIpc) is 2.65. The van der Waals surface area contributed by atoms with E-state index in [9.17, 15) is 4.79 Å². The van der Waals surface area contributed by atoms with Gasteiger partial charge in [-0.05, 0) is 18.1 Å². The number of ketones is 1. The molecule has 1 aliphatic rings. The minimum Gasteiger partial charge on any atom is -0.298 e. The van der Waals surface area contributed by atoms with Crippen molar-refractivity contribution in [2.45, 2.75) is 26.3 Å². The van der Waals surface area contributed by atoms with Crippen molar-refractivity contribution >= 4 is 5.78 Å². The molecular formula is C12H16N2O. The first-order valence-electron chi connectivity index (χ1n) is 5.46. The normalized spacial score (nSPS) is 17.3. The molecule has 80 valence electrons. The molecular weight excluding hydrogens is 188 g/mol. The summed E-state index contributed by atoms with van der Waals surface area (Å²) in [6.45, 7) is 4.43. The van der Waals surface area contributed by atoms with Crippen LogP contribution in [0.5, 0.6) is 0 Å². The summed E-state index contributed by atoms with van der Waals surface area (Å²) in [5.74, 6) is 0.351. The minimum absolute atomic E-state index is 0.351. The van der Waals surface area contributed by atoms with Gasteiger partial charge >= 0.3 is 0 Å². The molecule has 1 fully saturated rings. The second-order valence-corrected chi connectivity index (χ2v) is 3.96. The van der Waals surface area contributed by atoms with Crippen molar-refractivity contribution in [3.63, 3.8) is 0 Å². The molecule has 3 nitrogen and oxygen atoms in total. The molecule has 0 spiro atoms. The molecule has 2 heterocycles. The lowest BCUT2D eigenvalue weighted by atomic mass is 10.1. The zero-order valence-electron chi connectivity index (χ0n) is 9.07. The van der Waals surface area contributed by atoms with E-state index in [1.165, 1.54) is 5.56 Å². The molecule has 15 heavy (non-hydrogen) atoms. The van der Waals surface area contributed by atoms with E-state index in [2.05, 4.69) is 22.9 Å². The SMILES string of the molecule is CCc1cccnc1CN1CCC(=O)C1. The number of nitrogens with zero attached hydrogens (tertiary/aromatic N) is 2. The number of rotatable bonds is 3. The molecule has 0 bridgehead atoms. The van der Waals surface area contributed by atoms with E-state index >= 15 is 0 Å². The van der Waals surface area contributed by atoms with Crippen LogP contribution in [0.4, 0.5) is 0 Å². The Labute approximate surface area is 90.1 Å². The number of carbonyl (C=O) groups is 1. The third-order valence-electron chi connectivity index (χ3n) is 2.85. The summed E-state index contributed by atoms with van der Waals surface area (Å²) < 4.78 is 0. The van der Waals surface area contributed by atoms with E-state index in [1.807, 2.05) is 12.3 Å². The van der Waals surface area contributed by atoms with Gasteiger partial charge in [-0.3, -0.25) is 14.7 Å². The summed E-state index contributed by atoms with van der Waals surface area (Å²) in [5, 5.41) is 0. The van der Waals surface area contributed by atoms with Crippen molar-refractivity contribution in [2.24, 2.45) is 0 Å². The summed E-state index contributed by atoms with van der Waals surface area (Å²) in [7, 11) is 0. The van der Waals surface area contributed by atoms with Crippen molar-refractivity contribution in [1.82, 2.24) is 9.88 Å². The topological polar surface area (TPSA) is 33.2 Å². The summed E-state index contributed by atoms with van der Waals surface area (Å²) in [5.41, 5.74) is 2.41. The fourth-order valence-electron chi connectivity index (χ4n) is 1.97. The summed E-state index contributed by atoms with van der Waals surface area (Å²) in [4.78, 5) is 17.7. The van der Waals surface area contributed by atoms with Gasteiger partial charge in [-0.2, -0.15) is 0 Å². The summed E-state index contributed by atoms with van der Waals surface area (Å²) >= 11 is 0. The van der Waals surface area contributed by atoms with E-state index in [1.54, 1.807) is 0 Å². The predicted molar refractivity (Wildman–Crippen MR) is 58.5 cm³/mol. The monoisotopic (exact) mass is 204 g/mol. The summed E-state index contributed by atoms with van der Waals surface area (Å²) in [6.07, 6.45) is 3.53.